The third kappa shape index (κ3) is 10.00. The molecular formula is C42H52N7O8S2+. The summed E-state index contributed by atoms with van der Waals surface area (Å²) < 4.78 is 69.2. The quantitative estimate of drug-likeness (QED) is 0.0281. The lowest BCUT2D eigenvalue weighted by molar-refractivity contribution is -0.401. The number of hydrogen-bond acceptors (Lipinski definition) is 10. The van der Waals surface area contributed by atoms with Crippen LogP contribution in [0.1, 0.15) is 74.9 Å². The number of carbonyl (C=O) groups excluding carboxylic acids is 2. The Hall–Kier alpha value is -5.59. The lowest BCUT2D eigenvalue weighted by Crippen LogP contribution is -2.31. The Bertz CT molecular complexity index is 2540. The molecule has 5 rings (SSSR count). The number of carbonyl (C=O) groups is 2. The molecule has 0 atom stereocenters. The number of benzene rings is 3. The van der Waals surface area contributed by atoms with Crippen molar-refractivity contribution >= 4 is 54.8 Å². The smallest absolute Gasteiger partial charge is 0.294 e. The molecule has 17 heteroatoms. The molecule has 3 aromatic rings. The predicted molar refractivity (Wildman–Crippen MR) is 228 cm³/mol. The summed E-state index contributed by atoms with van der Waals surface area (Å²) in [4.78, 5) is 25.9. The van der Waals surface area contributed by atoms with Crippen molar-refractivity contribution in [2.24, 2.45) is 17.3 Å². The molecular weight excluding hydrogens is 795 g/mol. The van der Waals surface area contributed by atoms with Gasteiger partial charge < -0.3 is 21.7 Å². The first-order valence-corrected chi connectivity index (χ1v) is 21.8. The second-order valence-electron chi connectivity index (χ2n) is 15.6. The number of amides is 2. The van der Waals surface area contributed by atoms with Crippen LogP contribution in [0.5, 0.6) is 0 Å². The molecule has 0 aromatic heterocycles. The third-order valence-corrected chi connectivity index (χ3v) is 12.4. The van der Waals surface area contributed by atoms with Crippen LogP contribution in [-0.2, 0) is 35.9 Å². The van der Waals surface area contributed by atoms with E-state index in [9.17, 15) is 35.5 Å². The first kappa shape index (κ1) is 44.5. The first-order valence-electron chi connectivity index (χ1n) is 18.9. The van der Waals surface area contributed by atoms with Gasteiger partial charge in [0.25, 0.3) is 20.2 Å². The maximum atomic E-state index is 12.6. The molecule has 2 aliphatic rings. The molecule has 0 saturated heterocycles. The number of fused-ring (bicyclic) bond motifs is 2. The van der Waals surface area contributed by atoms with E-state index >= 15 is 0 Å². The standard InChI is InChI=1S/C42H51N7O8S2/c1-41(2)33-24-31(58(52,53)54)18-20-35(33)47(5)37(41)15-8-6-9-16-38-42(3,4)34-25-32(59(55,56)57)19-21-36(34)48(38)22-11-7-10-17-39(50)46-26-29(43)27-49(45)30-14-12-13-28(23-30)40(44)51/h6,8-9,12-16,18-21,23-25,27H,7,10-11,17,22,26,43,45H2,1-5H3,(H4-,44,46,50,51,52,53,54,55,56,57)/p+1/b29-27-. The van der Waals surface area contributed by atoms with Crippen LogP contribution in [0.2, 0.25) is 0 Å². The number of allylic oxidation sites excluding steroid dienone is 6. The summed E-state index contributed by atoms with van der Waals surface area (Å²) in [6.07, 6.45) is 13.4. The Kier molecular flexibility index (Phi) is 13.1. The Balaban J connectivity index is 1.23. The van der Waals surface area contributed by atoms with Gasteiger partial charge in [0.15, 0.2) is 5.71 Å². The van der Waals surface area contributed by atoms with Gasteiger partial charge in [0, 0.05) is 64.9 Å². The zero-order valence-corrected chi connectivity index (χ0v) is 35.3. The van der Waals surface area contributed by atoms with Gasteiger partial charge in [-0.2, -0.15) is 21.4 Å². The minimum absolute atomic E-state index is 0.0729. The molecule has 314 valence electrons. The molecule has 0 radical (unpaired) electrons. The van der Waals surface area contributed by atoms with Crippen LogP contribution in [0.3, 0.4) is 0 Å². The van der Waals surface area contributed by atoms with Crippen LogP contribution >= 0.6 is 0 Å². The number of rotatable bonds is 16. The van der Waals surface area contributed by atoms with E-state index in [0.717, 1.165) is 46.8 Å². The van der Waals surface area contributed by atoms with Crippen molar-refractivity contribution in [2.45, 2.75) is 74.0 Å². The SMILES string of the molecule is C[N+]1=C(/C=C/C=C/C=C2\N(CCCCCC(=O)NC/C(N)=C/N(N)c3cccc(C(N)=O)c3)c3ccc(S(=O)(=O)O)cc3C2(C)C)C(C)(C)c2cc(S(=O)(=O)O)ccc21. The summed E-state index contributed by atoms with van der Waals surface area (Å²) in [6.45, 7) is 8.61. The van der Waals surface area contributed by atoms with Gasteiger partial charge in [-0.05, 0) is 86.9 Å². The number of anilines is 2. The first-order chi connectivity index (χ1) is 27.5. The predicted octanol–water partition coefficient (Wildman–Crippen LogP) is 4.94. The van der Waals surface area contributed by atoms with Gasteiger partial charge in [-0.1, -0.05) is 44.6 Å². The van der Waals surface area contributed by atoms with Gasteiger partial charge in [0.2, 0.25) is 17.5 Å². The normalized spacial score (nSPS) is 16.9. The maximum Gasteiger partial charge on any atom is 0.294 e. The molecule has 59 heavy (non-hydrogen) atoms. The molecule has 2 amide bonds. The highest BCUT2D eigenvalue weighted by Gasteiger charge is 2.44. The van der Waals surface area contributed by atoms with Crippen LogP contribution in [0.25, 0.3) is 0 Å². The summed E-state index contributed by atoms with van der Waals surface area (Å²) in [5, 5.41) is 4.04. The van der Waals surface area contributed by atoms with E-state index in [1.165, 1.54) is 41.5 Å². The zero-order valence-electron chi connectivity index (χ0n) is 33.7. The molecule has 0 fully saturated rings. The number of primary amides is 1. The molecule has 0 bridgehead atoms. The van der Waals surface area contributed by atoms with Crippen LogP contribution in [0.4, 0.5) is 17.1 Å². The van der Waals surface area contributed by atoms with Gasteiger partial charge in [-0.15, -0.1) is 0 Å². The molecule has 3 aromatic carbocycles. The van der Waals surface area contributed by atoms with Crippen molar-refractivity contribution in [3.8, 4) is 0 Å². The topological polar surface area (TPSA) is 242 Å². The lowest BCUT2D eigenvalue weighted by atomic mass is 9.81. The number of hydrazine groups is 1. The van der Waals surface area contributed by atoms with Crippen molar-refractivity contribution < 1.29 is 40.1 Å². The van der Waals surface area contributed by atoms with E-state index < -0.39 is 37.0 Å². The van der Waals surface area contributed by atoms with Crippen molar-refractivity contribution in [2.75, 3.05) is 30.0 Å². The summed E-state index contributed by atoms with van der Waals surface area (Å²) in [7, 11) is -6.90. The minimum Gasteiger partial charge on any atom is -0.399 e. The fourth-order valence-electron chi connectivity index (χ4n) is 7.53. The van der Waals surface area contributed by atoms with Gasteiger partial charge in [-0.3, -0.25) is 23.7 Å². The number of nitrogens with one attached hydrogen (secondary N) is 1. The molecule has 2 heterocycles. The molecule has 0 spiro atoms. The number of nitrogens with two attached hydrogens (primary N) is 3. The van der Waals surface area contributed by atoms with Gasteiger partial charge in [0.05, 0.1) is 27.4 Å². The Morgan fingerprint density at radius 3 is 2.17 bits per heavy atom. The Morgan fingerprint density at radius 1 is 0.847 bits per heavy atom. The van der Waals surface area contributed by atoms with Crippen molar-refractivity contribution in [3.63, 3.8) is 0 Å². The Labute approximate surface area is 345 Å². The van der Waals surface area contributed by atoms with Crippen LogP contribution in [-0.4, -0.2) is 68.2 Å². The molecule has 0 unspecified atom stereocenters. The average Bonchev–Trinajstić information content (AvgIpc) is 3.49. The molecule has 0 saturated carbocycles. The number of hydrogen-bond donors (Lipinski definition) is 6. The van der Waals surface area contributed by atoms with Crippen LogP contribution in [0, 0.1) is 0 Å². The van der Waals surface area contributed by atoms with Crippen molar-refractivity contribution in [1.29, 1.82) is 0 Å². The molecule has 9 N–H and O–H groups in total. The van der Waals surface area contributed by atoms with E-state index in [2.05, 4.69) is 10.2 Å². The van der Waals surface area contributed by atoms with E-state index in [0.29, 0.717) is 29.9 Å². The summed E-state index contributed by atoms with van der Waals surface area (Å²) in [6, 6.07) is 15.6. The zero-order chi connectivity index (χ0) is 43.5. The van der Waals surface area contributed by atoms with Crippen LogP contribution in [0.15, 0.2) is 118 Å². The average molecular weight is 847 g/mol. The number of nitrogens with zero attached hydrogens (tertiary/aromatic N) is 3. The minimum atomic E-state index is -4.43. The van der Waals surface area contributed by atoms with E-state index in [-0.39, 0.29) is 28.7 Å². The second-order valence-corrected chi connectivity index (χ2v) is 18.4. The maximum absolute atomic E-state index is 12.6. The second kappa shape index (κ2) is 17.3. The van der Waals surface area contributed by atoms with Gasteiger partial charge in [-0.25, -0.2) is 5.84 Å². The highest BCUT2D eigenvalue weighted by molar-refractivity contribution is 7.86. The van der Waals surface area contributed by atoms with Gasteiger partial charge >= 0.3 is 0 Å². The van der Waals surface area contributed by atoms with Crippen LogP contribution < -0.4 is 32.5 Å². The van der Waals surface area contributed by atoms with Crippen molar-refractivity contribution in [3.05, 3.63) is 125 Å². The third-order valence-electron chi connectivity index (χ3n) is 10.7. The largest absolute Gasteiger partial charge is 0.399 e. The fourth-order valence-corrected chi connectivity index (χ4v) is 8.54. The van der Waals surface area contributed by atoms with E-state index in [1.54, 1.807) is 30.3 Å². The lowest BCUT2D eigenvalue weighted by Gasteiger charge is -2.27. The summed E-state index contributed by atoms with van der Waals surface area (Å²) >= 11 is 0. The summed E-state index contributed by atoms with van der Waals surface area (Å²) in [5.74, 6) is 5.30. The molecule has 15 nitrogen and oxygen atoms in total. The molecule has 2 aliphatic heterocycles. The monoisotopic (exact) mass is 846 g/mol. The van der Waals surface area contributed by atoms with Gasteiger partial charge in [0.1, 0.15) is 7.05 Å². The van der Waals surface area contributed by atoms with E-state index in [1.807, 2.05) is 69.7 Å². The van der Waals surface area contributed by atoms with E-state index in [4.69, 9.17) is 17.3 Å². The Morgan fingerprint density at radius 2 is 1.51 bits per heavy atom. The highest BCUT2D eigenvalue weighted by atomic mass is 32.2. The fraction of sp³-hybridized carbons (Fsp3) is 0.310. The number of unbranched alkanes of at least 4 members (excludes halogenated alkanes) is 2. The highest BCUT2D eigenvalue weighted by Crippen LogP contribution is 2.48. The van der Waals surface area contributed by atoms with Crippen molar-refractivity contribution in [1.82, 2.24) is 5.32 Å². The molecule has 0 aliphatic carbocycles. The summed E-state index contributed by atoms with van der Waals surface area (Å²) in [5.41, 5.74) is 16.3.